The Morgan fingerprint density at radius 3 is 2.78 bits per heavy atom. The molecule has 98 valence electrons. The van der Waals surface area contributed by atoms with Gasteiger partial charge in [-0.25, -0.2) is 0 Å². The van der Waals surface area contributed by atoms with Gasteiger partial charge in [0.05, 0.1) is 6.10 Å². The number of benzene rings is 1. The van der Waals surface area contributed by atoms with Gasteiger partial charge in [-0.15, -0.1) is 0 Å². The molecule has 0 bridgehead atoms. The summed E-state index contributed by atoms with van der Waals surface area (Å²) in [5.74, 6) is 0. The minimum Gasteiger partial charge on any atom is -0.387 e. The van der Waals surface area contributed by atoms with Crippen LogP contribution >= 0.6 is 0 Å². The molecule has 1 aromatic carbocycles. The number of nitrogens with zero attached hydrogens (tertiary/aromatic N) is 1. The molecule has 3 rings (SSSR count). The first-order valence-corrected chi connectivity index (χ1v) is 7.06. The van der Waals surface area contributed by atoms with Crippen molar-refractivity contribution in [2.75, 3.05) is 32.7 Å². The number of piperazine rings is 1. The number of β-amino-alcohol motifs (C(OH)–C–C–N with tert-alkyl or cyclic N) is 1. The second kappa shape index (κ2) is 5.39. The van der Waals surface area contributed by atoms with Gasteiger partial charge < -0.3 is 10.4 Å². The second-order valence-electron chi connectivity index (χ2n) is 5.45. The van der Waals surface area contributed by atoms with Crippen molar-refractivity contribution in [2.24, 2.45) is 0 Å². The maximum atomic E-state index is 10.3. The summed E-state index contributed by atoms with van der Waals surface area (Å²) in [6, 6.07) is 6.53. The monoisotopic (exact) mass is 246 g/mol. The Morgan fingerprint density at radius 1 is 1.17 bits per heavy atom. The number of rotatable bonds is 3. The highest BCUT2D eigenvalue weighted by atomic mass is 16.3. The van der Waals surface area contributed by atoms with Crippen LogP contribution in [0.15, 0.2) is 18.2 Å². The average Bonchev–Trinajstić information content (AvgIpc) is 2.87. The lowest BCUT2D eigenvalue weighted by Gasteiger charge is -2.29. The van der Waals surface area contributed by atoms with Crippen LogP contribution in [0.1, 0.15) is 29.2 Å². The summed E-state index contributed by atoms with van der Waals surface area (Å²) in [7, 11) is 0. The number of aliphatic hydroxyl groups excluding tert-OH is 1. The minimum absolute atomic E-state index is 0.339. The van der Waals surface area contributed by atoms with E-state index in [-0.39, 0.29) is 6.10 Å². The standard InChI is InChI=1S/C15H22N2O/c18-15(11-17-8-6-16-7-9-17)14-5-4-12-2-1-3-13(12)10-14/h4-5,10,15-16,18H,1-3,6-9,11H2. The van der Waals surface area contributed by atoms with Crippen molar-refractivity contribution in [3.05, 3.63) is 34.9 Å². The first-order valence-electron chi connectivity index (χ1n) is 7.06. The van der Waals surface area contributed by atoms with Crippen molar-refractivity contribution in [1.29, 1.82) is 0 Å². The van der Waals surface area contributed by atoms with Crippen molar-refractivity contribution in [3.63, 3.8) is 0 Å². The highest BCUT2D eigenvalue weighted by molar-refractivity contribution is 5.36. The Hall–Kier alpha value is -0.900. The van der Waals surface area contributed by atoms with Crippen LogP contribution < -0.4 is 5.32 Å². The third kappa shape index (κ3) is 2.58. The highest BCUT2D eigenvalue weighted by Crippen LogP contribution is 2.25. The van der Waals surface area contributed by atoms with E-state index in [1.807, 2.05) is 0 Å². The van der Waals surface area contributed by atoms with E-state index >= 15 is 0 Å². The summed E-state index contributed by atoms with van der Waals surface area (Å²) in [5.41, 5.74) is 4.02. The fourth-order valence-corrected chi connectivity index (χ4v) is 3.04. The molecule has 1 aliphatic heterocycles. The van der Waals surface area contributed by atoms with E-state index in [0.717, 1.165) is 38.3 Å². The Labute approximate surface area is 109 Å². The first-order chi connectivity index (χ1) is 8.83. The lowest BCUT2D eigenvalue weighted by molar-refractivity contribution is 0.105. The van der Waals surface area contributed by atoms with Gasteiger partial charge in [0.1, 0.15) is 0 Å². The molecule has 1 heterocycles. The quantitative estimate of drug-likeness (QED) is 0.839. The summed E-state index contributed by atoms with van der Waals surface area (Å²) in [6.07, 6.45) is 3.33. The Kier molecular flexibility index (Phi) is 3.64. The summed E-state index contributed by atoms with van der Waals surface area (Å²) in [4.78, 5) is 2.34. The number of nitrogens with one attached hydrogen (secondary N) is 1. The lowest BCUT2D eigenvalue weighted by Crippen LogP contribution is -2.44. The smallest absolute Gasteiger partial charge is 0.0917 e. The van der Waals surface area contributed by atoms with E-state index in [4.69, 9.17) is 0 Å². The van der Waals surface area contributed by atoms with Crippen molar-refractivity contribution in [3.8, 4) is 0 Å². The fraction of sp³-hybridized carbons (Fsp3) is 0.600. The molecule has 1 fully saturated rings. The summed E-state index contributed by atoms with van der Waals surface area (Å²) in [6.45, 7) is 4.93. The Morgan fingerprint density at radius 2 is 1.94 bits per heavy atom. The molecule has 1 unspecified atom stereocenters. The SMILES string of the molecule is OC(CN1CCNCC1)c1ccc2c(c1)CCC2. The molecule has 3 heteroatoms. The van der Waals surface area contributed by atoms with Crippen molar-refractivity contribution in [2.45, 2.75) is 25.4 Å². The van der Waals surface area contributed by atoms with Crippen molar-refractivity contribution in [1.82, 2.24) is 10.2 Å². The molecule has 0 saturated carbocycles. The molecule has 2 aliphatic rings. The maximum absolute atomic E-state index is 10.3. The number of hydrogen-bond acceptors (Lipinski definition) is 3. The molecular weight excluding hydrogens is 224 g/mol. The highest BCUT2D eigenvalue weighted by Gasteiger charge is 2.18. The number of fused-ring (bicyclic) bond motifs is 1. The van der Waals surface area contributed by atoms with Gasteiger partial charge in [-0.1, -0.05) is 18.2 Å². The molecule has 0 aromatic heterocycles. The van der Waals surface area contributed by atoms with E-state index in [0.29, 0.717) is 0 Å². The largest absolute Gasteiger partial charge is 0.387 e. The van der Waals surface area contributed by atoms with Crippen LogP contribution in [0.5, 0.6) is 0 Å². The zero-order valence-electron chi connectivity index (χ0n) is 10.9. The zero-order valence-corrected chi connectivity index (χ0v) is 10.9. The first kappa shape index (κ1) is 12.2. The second-order valence-corrected chi connectivity index (χ2v) is 5.45. The van der Waals surface area contributed by atoms with Crippen LogP contribution in [0.25, 0.3) is 0 Å². The Balaban J connectivity index is 1.66. The Bertz CT molecular complexity index is 413. The van der Waals surface area contributed by atoms with E-state index in [2.05, 4.69) is 28.4 Å². The van der Waals surface area contributed by atoms with Gasteiger partial charge in [0.2, 0.25) is 0 Å². The normalized spacial score (nSPS) is 21.8. The maximum Gasteiger partial charge on any atom is 0.0917 e. The molecule has 0 amide bonds. The number of aryl methyl sites for hydroxylation is 2. The van der Waals surface area contributed by atoms with Crippen LogP contribution in [0.4, 0.5) is 0 Å². The van der Waals surface area contributed by atoms with Crippen LogP contribution in [0.2, 0.25) is 0 Å². The molecule has 0 spiro atoms. The predicted molar refractivity (Wildman–Crippen MR) is 72.7 cm³/mol. The minimum atomic E-state index is -0.339. The van der Waals surface area contributed by atoms with Crippen molar-refractivity contribution >= 4 is 0 Å². The van der Waals surface area contributed by atoms with Gasteiger partial charge in [0.25, 0.3) is 0 Å². The number of hydrogen-bond donors (Lipinski definition) is 2. The molecule has 2 N–H and O–H groups in total. The third-order valence-corrected chi connectivity index (χ3v) is 4.15. The van der Waals surface area contributed by atoms with Gasteiger partial charge in [-0.3, -0.25) is 4.90 Å². The number of aliphatic hydroxyl groups is 1. The van der Waals surface area contributed by atoms with Crippen LogP contribution in [0.3, 0.4) is 0 Å². The molecule has 3 nitrogen and oxygen atoms in total. The summed E-state index contributed by atoms with van der Waals surface area (Å²) in [5, 5.41) is 13.7. The van der Waals surface area contributed by atoms with Gasteiger partial charge in [-0.2, -0.15) is 0 Å². The van der Waals surface area contributed by atoms with Gasteiger partial charge in [0.15, 0.2) is 0 Å². The molecule has 1 aliphatic carbocycles. The van der Waals surface area contributed by atoms with Crippen molar-refractivity contribution < 1.29 is 5.11 Å². The van der Waals surface area contributed by atoms with Crippen LogP contribution in [-0.4, -0.2) is 42.7 Å². The van der Waals surface area contributed by atoms with Gasteiger partial charge in [0, 0.05) is 32.7 Å². The van der Waals surface area contributed by atoms with E-state index < -0.39 is 0 Å². The lowest BCUT2D eigenvalue weighted by atomic mass is 10.0. The summed E-state index contributed by atoms with van der Waals surface area (Å²) < 4.78 is 0. The molecular formula is C15H22N2O. The van der Waals surface area contributed by atoms with Crippen LogP contribution in [0, 0.1) is 0 Å². The molecule has 18 heavy (non-hydrogen) atoms. The van der Waals surface area contributed by atoms with E-state index in [1.54, 1.807) is 0 Å². The van der Waals surface area contributed by atoms with E-state index in [1.165, 1.54) is 30.4 Å². The zero-order chi connectivity index (χ0) is 12.4. The topological polar surface area (TPSA) is 35.5 Å². The molecule has 1 aromatic rings. The molecule has 0 radical (unpaired) electrons. The molecule has 1 atom stereocenters. The fourth-order valence-electron chi connectivity index (χ4n) is 3.04. The van der Waals surface area contributed by atoms with Crippen LogP contribution in [-0.2, 0) is 12.8 Å². The molecule has 1 saturated heterocycles. The predicted octanol–water partition coefficient (Wildman–Crippen LogP) is 1.11. The van der Waals surface area contributed by atoms with Gasteiger partial charge in [-0.05, 0) is 36.0 Å². The average molecular weight is 246 g/mol. The third-order valence-electron chi connectivity index (χ3n) is 4.15. The van der Waals surface area contributed by atoms with E-state index in [9.17, 15) is 5.11 Å². The van der Waals surface area contributed by atoms with Gasteiger partial charge >= 0.3 is 0 Å². The summed E-state index contributed by atoms with van der Waals surface area (Å²) >= 11 is 0.